The Kier molecular flexibility index (Phi) is 17.8. The molecule has 3 aliphatic carbocycles. The summed E-state index contributed by atoms with van der Waals surface area (Å²) in [5, 5.41) is 10.5. The molecule has 340 valence electrons. The third-order valence-electron chi connectivity index (χ3n) is 15.5. The van der Waals surface area contributed by atoms with Gasteiger partial charge in [-0.1, -0.05) is 113 Å². The second kappa shape index (κ2) is 21.2. The Hall–Kier alpha value is -2.21. The van der Waals surface area contributed by atoms with Crippen LogP contribution in [-0.2, 0) is 14.4 Å². The van der Waals surface area contributed by atoms with Crippen LogP contribution >= 0.6 is 0 Å². The van der Waals surface area contributed by atoms with E-state index in [0.717, 1.165) is 76.5 Å². The van der Waals surface area contributed by atoms with Crippen LogP contribution < -0.4 is 32.5 Å². The van der Waals surface area contributed by atoms with Crippen LogP contribution in [0.2, 0.25) is 0 Å². The van der Waals surface area contributed by atoms with Crippen molar-refractivity contribution in [3.63, 3.8) is 0 Å². The van der Waals surface area contributed by atoms with E-state index in [9.17, 15) is 9.59 Å². The van der Waals surface area contributed by atoms with Gasteiger partial charge in [-0.3, -0.25) is 30.1 Å². The zero-order valence-corrected chi connectivity index (χ0v) is 39.7. The molecular weight excluding hydrogens is 737 g/mol. The highest BCUT2D eigenvalue weighted by atomic mass is 16.2. The fraction of sp³-hybridized carbons (Fsp3) is 0.896. The lowest BCUT2D eigenvalue weighted by Gasteiger charge is -2.42. The number of rotatable bonds is 19. The van der Waals surface area contributed by atoms with Gasteiger partial charge in [0, 0.05) is 30.9 Å². The number of hydrogen-bond donors (Lipinski definition) is 6. The smallest absolute Gasteiger partial charge is 0.246 e. The maximum atomic E-state index is 15.2. The molecule has 8 atom stereocenters. The Morgan fingerprint density at radius 1 is 0.898 bits per heavy atom. The van der Waals surface area contributed by atoms with Gasteiger partial charge in [-0.15, -0.1) is 0 Å². The first-order chi connectivity index (χ1) is 27.9. The standard InChI is InChI=1S/C43H78N8O3.C5H12/c1-11-31-24-43(31,26-46-45-10)49-37(52)33-25-42(34(21-17-22-44)41(42,8)9)27-51(33)39(54)36(40(5,6)7)48-38(53)35(30-18-13-12-14-19-30)47-29(4)32-20-15-16-23-50(32)28(2)3;1-3-5-4-2/h28,30-36,45-47H,4,11-27,44H2,1-3,5-10H3,(H,48,53)(H,49,52);3-5H2,1-2H3/t31-,32?,33?,34?,35?,36-,42+,43+;/m1./s1. The van der Waals surface area contributed by atoms with E-state index in [-0.39, 0.29) is 46.1 Å². The molecule has 3 saturated carbocycles. The van der Waals surface area contributed by atoms with E-state index < -0.39 is 23.5 Å². The molecule has 2 saturated heterocycles. The van der Waals surface area contributed by atoms with Gasteiger partial charge in [0.05, 0.1) is 5.54 Å². The lowest BCUT2D eigenvalue weighted by atomic mass is 9.81. The van der Waals surface area contributed by atoms with Crippen molar-refractivity contribution in [2.45, 2.75) is 208 Å². The maximum absolute atomic E-state index is 15.2. The molecule has 11 heteroatoms. The minimum absolute atomic E-state index is 0.0214. The van der Waals surface area contributed by atoms with Crippen molar-refractivity contribution in [1.29, 1.82) is 0 Å². The van der Waals surface area contributed by atoms with Crippen LogP contribution in [0.1, 0.15) is 172 Å². The summed E-state index contributed by atoms with van der Waals surface area (Å²) in [4.78, 5) is 48.9. The lowest BCUT2D eigenvalue weighted by Crippen LogP contribution is -2.62. The van der Waals surface area contributed by atoms with Crippen molar-refractivity contribution in [1.82, 2.24) is 36.6 Å². The van der Waals surface area contributed by atoms with Gasteiger partial charge in [-0.05, 0) is 119 Å². The highest BCUT2D eigenvalue weighted by molar-refractivity contribution is 5.94. The highest BCUT2D eigenvalue weighted by Crippen LogP contribution is 2.75. The van der Waals surface area contributed by atoms with Gasteiger partial charge >= 0.3 is 0 Å². The normalized spacial score (nSPS) is 30.3. The van der Waals surface area contributed by atoms with Crippen LogP contribution in [0.3, 0.4) is 0 Å². The Morgan fingerprint density at radius 2 is 1.56 bits per heavy atom. The van der Waals surface area contributed by atoms with Crippen LogP contribution in [0.5, 0.6) is 0 Å². The molecule has 3 amide bonds. The second-order valence-corrected chi connectivity index (χ2v) is 21.2. The van der Waals surface area contributed by atoms with Crippen molar-refractivity contribution in [2.75, 3.05) is 33.2 Å². The number of unbranched alkanes of at least 4 members (excludes halogenated alkanes) is 2. The van der Waals surface area contributed by atoms with Gasteiger partial charge in [0.25, 0.3) is 0 Å². The molecule has 5 aliphatic rings. The quantitative estimate of drug-likeness (QED) is 0.0764. The van der Waals surface area contributed by atoms with Gasteiger partial charge in [0.15, 0.2) is 0 Å². The molecular formula is C48H90N8O3. The molecule has 0 radical (unpaired) electrons. The number of hydrogen-bond acceptors (Lipinski definition) is 8. The Morgan fingerprint density at radius 3 is 2.10 bits per heavy atom. The first-order valence-electron chi connectivity index (χ1n) is 24.1. The Bertz CT molecular complexity index is 1390. The number of carbonyl (C=O) groups excluding carboxylic acids is 3. The van der Waals surface area contributed by atoms with Crippen LogP contribution in [0.4, 0.5) is 0 Å². The number of carbonyl (C=O) groups is 3. The molecule has 5 rings (SSSR count). The molecule has 1 spiro atoms. The van der Waals surface area contributed by atoms with E-state index >= 15 is 4.79 Å². The molecule has 5 fully saturated rings. The van der Waals surface area contributed by atoms with Crippen molar-refractivity contribution in [3.8, 4) is 0 Å². The minimum atomic E-state index is -0.799. The molecule has 11 nitrogen and oxygen atoms in total. The first kappa shape index (κ1) is 49.4. The average molecular weight is 827 g/mol. The van der Waals surface area contributed by atoms with E-state index in [1.807, 2.05) is 32.7 Å². The molecule has 0 aromatic carbocycles. The molecule has 0 bridgehead atoms. The van der Waals surface area contributed by atoms with Crippen molar-refractivity contribution < 1.29 is 14.4 Å². The number of piperidine rings is 1. The SMILES string of the molecule is C=C(NC(C(=O)N[C@H](C(=O)N1C[C@@]2(CC1C(=O)N[C@]1(CNNC)C[C@H]1CC)C(CCCN)C2(C)C)C(C)(C)C)C1CCCCC1)C1CCCCN1C(C)C.CCCCC. The summed E-state index contributed by atoms with van der Waals surface area (Å²) in [6.45, 7) is 29.1. The van der Waals surface area contributed by atoms with E-state index in [4.69, 9.17) is 5.73 Å². The summed E-state index contributed by atoms with van der Waals surface area (Å²) in [6.07, 6.45) is 17.2. The van der Waals surface area contributed by atoms with Gasteiger partial charge in [0.1, 0.15) is 18.1 Å². The predicted molar refractivity (Wildman–Crippen MR) is 243 cm³/mol. The van der Waals surface area contributed by atoms with Crippen LogP contribution in [0.15, 0.2) is 12.3 Å². The number of amides is 3. The third kappa shape index (κ3) is 11.4. The molecule has 2 aliphatic heterocycles. The van der Waals surface area contributed by atoms with Crippen LogP contribution in [0.25, 0.3) is 0 Å². The Balaban J connectivity index is 0.00000145. The van der Waals surface area contributed by atoms with Gasteiger partial charge in [-0.25, -0.2) is 0 Å². The average Bonchev–Trinajstić information content (AvgIpc) is 3.92. The summed E-state index contributed by atoms with van der Waals surface area (Å²) in [7, 11) is 1.85. The Labute approximate surface area is 360 Å². The number of nitrogens with one attached hydrogen (secondary N) is 5. The molecule has 4 unspecified atom stereocenters. The number of nitrogens with zero attached hydrogens (tertiary/aromatic N) is 2. The first-order valence-corrected chi connectivity index (χ1v) is 24.1. The highest BCUT2D eigenvalue weighted by Gasteiger charge is 2.74. The van der Waals surface area contributed by atoms with Gasteiger partial charge in [-0.2, -0.15) is 0 Å². The third-order valence-corrected chi connectivity index (χ3v) is 15.5. The fourth-order valence-corrected chi connectivity index (χ4v) is 11.6. The topological polar surface area (TPSA) is 144 Å². The number of hydrazine groups is 1. The van der Waals surface area contributed by atoms with Gasteiger partial charge < -0.3 is 26.6 Å². The van der Waals surface area contributed by atoms with E-state index in [1.54, 1.807) is 0 Å². The van der Waals surface area contributed by atoms with Crippen molar-refractivity contribution in [2.24, 2.45) is 39.7 Å². The molecule has 2 heterocycles. The molecule has 0 aromatic rings. The molecule has 7 N–H and O–H groups in total. The van der Waals surface area contributed by atoms with E-state index in [2.05, 4.69) is 86.7 Å². The zero-order valence-electron chi connectivity index (χ0n) is 39.7. The predicted octanol–water partition coefficient (Wildman–Crippen LogP) is 7.02. The van der Waals surface area contributed by atoms with Crippen molar-refractivity contribution in [3.05, 3.63) is 12.3 Å². The fourth-order valence-electron chi connectivity index (χ4n) is 11.6. The number of nitrogens with two attached hydrogens (primary N) is 1. The maximum Gasteiger partial charge on any atom is 0.246 e. The summed E-state index contributed by atoms with van der Waals surface area (Å²) < 4.78 is 0. The summed E-state index contributed by atoms with van der Waals surface area (Å²) in [5.41, 5.74) is 12.1. The van der Waals surface area contributed by atoms with E-state index in [0.29, 0.717) is 43.9 Å². The summed E-state index contributed by atoms with van der Waals surface area (Å²) in [6, 6.07) is -1.31. The minimum Gasteiger partial charge on any atom is -0.376 e. The molecule has 59 heavy (non-hydrogen) atoms. The second-order valence-electron chi connectivity index (χ2n) is 21.2. The van der Waals surface area contributed by atoms with E-state index in [1.165, 1.54) is 32.1 Å². The summed E-state index contributed by atoms with van der Waals surface area (Å²) in [5.74, 6) is 0.569. The molecule has 0 aromatic heterocycles. The van der Waals surface area contributed by atoms with Gasteiger partial charge in [0.2, 0.25) is 17.7 Å². The monoisotopic (exact) mass is 827 g/mol. The largest absolute Gasteiger partial charge is 0.376 e. The van der Waals surface area contributed by atoms with Crippen molar-refractivity contribution >= 4 is 17.7 Å². The number of likely N-dealkylation sites (tertiary alicyclic amines) is 2. The zero-order chi connectivity index (χ0) is 43.8. The van der Waals surface area contributed by atoms with Crippen LogP contribution in [0, 0.1) is 34.0 Å². The lowest BCUT2D eigenvalue weighted by molar-refractivity contribution is -0.144. The van der Waals surface area contributed by atoms with Crippen LogP contribution in [-0.4, -0.2) is 96.5 Å². The summed E-state index contributed by atoms with van der Waals surface area (Å²) >= 11 is 0.